The van der Waals surface area contributed by atoms with Crippen molar-refractivity contribution in [2.24, 2.45) is 0 Å². The van der Waals surface area contributed by atoms with Gasteiger partial charge < -0.3 is 0 Å². The van der Waals surface area contributed by atoms with Gasteiger partial charge in [-0.2, -0.15) is 0 Å². The standard InChI is InChI=1S/C12H21NSeSi/c1-13(2)10-11-8-6-7-9-12(11)14-15(3,4)5/h6-9H,10H2,1-5H3. The van der Waals surface area contributed by atoms with Gasteiger partial charge in [0.2, 0.25) is 0 Å². The molecule has 1 nitrogen and oxygen atoms in total. The van der Waals surface area contributed by atoms with Crippen LogP contribution in [-0.4, -0.2) is 40.0 Å². The van der Waals surface area contributed by atoms with Gasteiger partial charge in [0.15, 0.2) is 0 Å². The van der Waals surface area contributed by atoms with Crippen LogP contribution >= 0.6 is 0 Å². The molecule has 0 unspecified atom stereocenters. The van der Waals surface area contributed by atoms with E-state index in [1.165, 1.54) is 5.56 Å². The molecule has 1 rings (SSSR count). The van der Waals surface area contributed by atoms with Crippen molar-refractivity contribution in [3.63, 3.8) is 0 Å². The van der Waals surface area contributed by atoms with E-state index in [9.17, 15) is 0 Å². The van der Waals surface area contributed by atoms with Crippen LogP contribution in [0.1, 0.15) is 5.56 Å². The molecule has 0 saturated heterocycles. The van der Waals surface area contributed by atoms with Crippen LogP contribution in [0.4, 0.5) is 0 Å². The summed E-state index contributed by atoms with van der Waals surface area (Å²) in [5, 5.41) is 0. The first-order valence-electron chi connectivity index (χ1n) is 5.30. The molecule has 0 aliphatic heterocycles. The molecule has 0 amide bonds. The molecule has 1 aromatic rings. The van der Waals surface area contributed by atoms with Crippen LogP contribution in [0.25, 0.3) is 0 Å². The average molecular weight is 286 g/mol. The Morgan fingerprint density at radius 1 is 1.13 bits per heavy atom. The maximum absolute atomic E-state index is 2.46. The minimum atomic E-state index is -0.936. The molecule has 0 aromatic heterocycles. The summed E-state index contributed by atoms with van der Waals surface area (Å²) in [6, 6.07) is 8.92. The summed E-state index contributed by atoms with van der Waals surface area (Å²) in [5.41, 5.74) is 1.52. The van der Waals surface area contributed by atoms with Gasteiger partial charge >= 0.3 is 100 Å². The van der Waals surface area contributed by atoms with E-state index in [1.54, 1.807) is 4.46 Å². The van der Waals surface area contributed by atoms with Crippen LogP contribution in [0, 0.1) is 0 Å². The molecule has 0 bridgehead atoms. The summed E-state index contributed by atoms with van der Waals surface area (Å²) in [6.45, 7) is 7.51. The van der Waals surface area contributed by atoms with E-state index in [0.717, 1.165) is 6.54 Å². The van der Waals surface area contributed by atoms with Crippen LogP contribution in [0.15, 0.2) is 24.3 Å². The van der Waals surface area contributed by atoms with Crippen molar-refractivity contribution in [3.05, 3.63) is 29.8 Å². The van der Waals surface area contributed by atoms with Crippen molar-refractivity contribution in [2.45, 2.75) is 26.2 Å². The molecule has 0 fully saturated rings. The Balaban J connectivity index is 2.86. The molecule has 0 N–H and O–H groups in total. The molecule has 0 aliphatic carbocycles. The zero-order valence-electron chi connectivity index (χ0n) is 10.4. The Labute approximate surface area is 100 Å². The van der Waals surface area contributed by atoms with E-state index >= 15 is 0 Å². The summed E-state index contributed by atoms with van der Waals surface area (Å²) < 4.78 is 1.61. The quantitative estimate of drug-likeness (QED) is 0.764. The van der Waals surface area contributed by atoms with E-state index in [0.29, 0.717) is 14.3 Å². The normalized spacial score (nSPS) is 12.1. The Bertz CT molecular complexity index is 318. The third kappa shape index (κ3) is 4.98. The van der Waals surface area contributed by atoms with Gasteiger partial charge in [0, 0.05) is 0 Å². The third-order valence-corrected chi connectivity index (χ3v) is 8.78. The minimum absolute atomic E-state index is 0.694. The Kier molecular flexibility index (Phi) is 4.59. The Morgan fingerprint density at radius 3 is 2.27 bits per heavy atom. The molecule has 3 heteroatoms. The number of nitrogens with zero attached hydrogens (tertiary/aromatic N) is 1. The van der Waals surface area contributed by atoms with Crippen LogP contribution in [0.2, 0.25) is 19.6 Å². The van der Waals surface area contributed by atoms with Crippen molar-refractivity contribution < 1.29 is 0 Å². The van der Waals surface area contributed by atoms with Gasteiger partial charge in [-0.15, -0.1) is 0 Å². The van der Waals surface area contributed by atoms with Crippen molar-refractivity contribution in [2.75, 3.05) is 14.1 Å². The second-order valence-electron chi connectivity index (χ2n) is 5.06. The summed E-state index contributed by atoms with van der Waals surface area (Å²) >= 11 is 0.694. The first-order valence-corrected chi connectivity index (χ1v) is 12.1. The second-order valence-corrected chi connectivity index (χ2v) is 19.4. The molecule has 84 valence electrons. The molecule has 0 radical (unpaired) electrons. The third-order valence-electron chi connectivity index (χ3n) is 1.88. The summed E-state index contributed by atoms with van der Waals surface area (Å²) in [5.74, 6) is 0. The molecule has 0 atom stereocenters. The van der Waals surface area contributed by atoms with E-state index in [4.69, 9.17) is 0 Å². The fourth-order valence-electron chi connectivity index (χ4n) is 1.40. The fourth-order valence-corrected chi connectivity index (χ4v) is 8.11. The molecular formula is C12H21NSeSi. The van der Waals surface area contributed by atoms with Crippen molar-refractivity contribution >= 4 is 25.5 Å². The first-order chi connectivity index (χ1) is 6.88. The van der Waals surface area contributed by atoms with Crippen LogP contribution in [-0.2, 0) is 6.54 Å². The number of benzene rings is 1. The predicted molar refractivity (Wildman–Crippen MR) is 72.6 cm³/mol. The molecular weight excluding hydrogens is 265 g/mol. The number of hydrogen-bond donors (Lipinski definition) is 0. The summed E-state index contributed by atoms with van der Waals surface area (Å²) in [6.07, 6.45) is 0. The van der Waals surface area contributed by atoms with Gasteiger partial charge in [0.25, 0.3) is 0 Å². The second kappa shape index (κ2) is 5.31. The Morgan fingerprint density at radius 2 is 1.73 bits per heavy atom. The molecule has 1 aromatic carbocycles. The van der Waals surface area contributed by atoms with E-state index in [2.05, 4.69) is 62.9 Å². The topological polar surface area (TPSA) is 3.24 Å². The molecule has 0 heterocycles. The van der Waals surface area contributed by atoms with Gasteiger partial charge in [0.05, 0.1) is 0 Å². The van der Waals surface area contributed by atoms with E-state index in [-0.39, 0.29) is 0 Å². The fraction of sp³-hybridized carbons (Fsp3) is 0.500. The van der Waals surface area contributed by atoms with E-state index in [1.807, 2.05) is 0 Å². The SMILES string of the molecule is CN(C)Cc1ccccc1[Se][Si](C)(C)C. The van der Waals surface area contributed by atoms with Crippen molar-refractivity contribution in [3.8, 4) is 0 Å². The molecule has 0 spiro atoms. The molecule has 15 heavy (non-hydrogen) atoms. The summed E-state index contributed by atoms with van der Waals surface area (Å²) in [4.78, 5) is 2.25. The van der Waals surface area contributed by atoms with Crippen LogP contribution in [0.5, 0.6) is 0 Å². The zero-order valence-corrected chi connectivity index (χ0v) is 13.1. The first kappa shape index (κ1) is 13.0. The predicted octanol–water partition coefficient (Wildman–Crippen LogP) is 1.91. The monoisotopic (exact) mass is 287 g/mol. The van der Waals surface area contributed by atoms with Gasteiger partial charge in [-0.05, 0) is 0 Å². The van der Waals surface area contributed by atoms with Crippen LogP contribution in [0.3, 0.4) is 0 Å². The Hall–Kier alpha value is -0.0836. The van der Waals surface area contributed by atoms with Gasteiger partial charge in [-0.1, -0.05) is 0 Å². The number of rotatable bonds is 4. The number of hydrogen-bond acceptors (Lipinski definition) is 1. The zero-order chi connectivity index (χ0) is 11.5. The van der Waals surface area contributed by atoms with Gasteiger partial charge in [-0.25, -0.2) is 0 Å². The van der Waals surface area contributed by atoms with Crippen molar-refractivity contribution in [1.29, 1.82) is 0 Å². The molecule has 0 aliphatic rings. The van der Waals surface area contributed by atoms with Crippen molar-refractivity contribution in [1.82, 2.24) is 4.90 Å². The van der Waals surface area contributed by atoms with Gasteiger partial charge in [0.1, 0.15) is 0 Å². The molecule has 0 saturated carbocycles. The summed E-state index contributed by atoms with van der Waals surface area (Å²) in [7, 11) is 4.27. The van der Waals surface area contributed by atoms with Crippen LogP contribution < -0.4 is 4.46 Å². The van der Waals surface area contributed by atoms with Gasteiger partial charge in [-0.3, -0.25) is 0 Å². The maximum atomic E-state index is 2.46. The van der Waals surface area contributed by atoms with E-state index < -0.39 is 6.68 Å². The average Bonchev–Trinajstić information content (AvgIpc) is 2.05.